The molecule has 0 radical (unpaired) electrons. The SMILES string of the molecule is Cc1ccc(C(=O)C(=O)NN=C(c2ccccc2)c2ccccc2)cc1. The predicted molar refractivity (Wildman–Crippen MR) is 102 cm³/mol. The molecule has 3 aromatic carbocycles. The molecule has 0 fully saturated rings. The van der Waals surface area contributed by atoms with Crippen LogP contribution in [0.1, 0.15) is 27.0 Å². The second kappa shape index (κ2) is 8.03. The number of Topliss-reactive ketones (excluding diaryl/α,β-unsaturated/α-hetero) is 1. The Kier molecular flexibility index (Phi) is 5.34. The number of nitrogens with zero attached hydrogens (tertiary/aromatic N) is 1. The van der Waals surface area contributed by atoms with Crippen LogP contribution in [0.2, 0.25) is 0 Å². The molecule has 0 unspecified atom stereocenters. The summed E-state index contributed by atoms with van der Waals surface area (Å²) in [6.45, 7) is 1.92. The Morgan fingerprint density at radius 3 is 1.69 bits per heavy atom. The molecule has 0 saturated carbocycles. The Bertz CT molecular complexity index is 889. The topological polar surface area (TPSA) is 58.5 Å². The van der Waals surface area contributed by atoms with Crippen molar-refractivity contribution < 1.29 is 9.59 Å². The normalized spacial score (nSPS) is 10.0. The van der Waals surface area contributed by atoms with Gasteiger partial charge in [-0.3, -0.25) is 9.59 Å². The molecule has 0 aromatic heterocycles. The zero-order valence-corrected chi connectivity index (χ0v) is 14.3. The lowest BCUT2D eigenvalue weighted by molar-refractivity contribution is -0.116. The van der Waals surface area contributed by atoms with Crippen LogP contribution in [0.4, 0.5) is 0 Å². The van der Waals surface area contributed by atoms with Gasteiger partial charge in [0.15, 0.2) is 0 Å². The largest absolute Gasteiger partial charge is 0.312 e. The molecule has 26 heavy (non-hydrogen) atoms. The highest BCUT2D eigenvalue weighted by molar-refractivity contribution is 6.42. The van der Waals surface area contributed by atoms with Crippen LogP contribution in [0.3, 0.4) is 0 Å². The Hall–Kier alpha value is -3.53. The highest BCUT2D eigenvalue weighted by atomic mass is 16.2. The van der Waals surface area contributed by atoms with E-state index in [4.69, 9.17) is 0 Å². The number of hydrogen-bond acceptors (Lipinski definition) is 3. The maximum absolute atomic E-state index is 12.3. The summed E-state index contributed by atoms with van der Waals surface area (Å²) in [4.78, 5) is 24.5. The van der Waals surface area contributed by atoms with Gasteiger partial charge in [0.05, 0.1) is 5.71 Å². The summed E-state index contributed by atoms with van der Waals surface area (Å²) in [6, 6.07) is 25.9. The summed E-state index contributed by atoms with van der Waals surface area (Å²) in [7, 11) is 0. The Labute approximate surface area is 152 Å². The molecule has 3 rings (SSSR count). The third kappa shape index (κ3) is 4.11. The molecule has 128 valence electrons. The first-order chi connectivity index (χ1) is 12.6. The number of ketones is 1. The number of nitrogens with one attached hydrogen (secondary N) is 1. The monoisotopic (exact) mass is 342 g/mol. The van der Waals surface area contributed by atoms with Gasteiger partial charge in [0.25, 0.3) is 5.78 Å². The van der Waals surface area contributed by atoms with Crippen molar-refractivity contribution in [3.8, 4) is 0 Å². The molecule has 0 aliphatic rings. The molecule has 0 aliphatic heterocycles. The first-order valence-electron chi connectivity index (χ1n) is 8.25. The quantitative estimate of drug-likeness (QED) is 0.332. The molecule has 0 bridgehead atoms. The molecule has 1 amide bonds. The van der Waals surface area contributed by atoms with Crippen LogP contribution in [0.15, 0.2) is 90.0 Å². The molecular weight excluding hydrogens is 324 g/mol. The average molecular weight is 342 g/mol. The number of hydrogen-bond donors (Lipinski definition) is 1. The standard InChI is InChI=1S/C22H18N2O2/c1-16-12-14-19(15-13-16)21(25)22(26)24-23-20(17-8-4-2-5-9-17)18-10-6-3-7-11-18/h2-15H,1H3,(H,24,26). The van der Waals surface area contributed by atoms with Crippen molar-refractivity contribution in [2.75, 3.05) is 0 Å². The molecule has 3 aromatic rings. The fourth-order valence-electron chi connectivity index (χ4n) is 2.48. The first kappa shape index (κ1) is 17.3. The van der Waals surface area contributed by atoms with E-state index in [1.54, 1.807) is 24.3 Å². The van der Waals surface area contributed by atoms with Crippen molar-refractivity contribution in [1.29, 1.82) is 0 Å². The Morgan fingerprint density at radius 1 is 0.692 bits per heavy atom. The molecule has 0 spiro atoms. The molecule has 0 atom stereocenters. The Balaban J connectivity index is 1.85. The number of amides is 1. The zero-order valence-electron chi connectivity index (χ0n) is 14.3. The molecule has 1 N–H and O–H groups in total. The van der Waals surface area contributed by atoms with Gasteiger partial charge in [-0.1, -0.05) is 90.5 Å². The summed E-state index contributed by atoms with van der Waals surface area (Å²) < 4.78 is 0. The number of hydrazone groups is 1. The maximum atomic E-state index is 12.3. The molecule has 4 nitrogen and oxygen atoms in total. The van der Waals surface area contributed by atoms with E-state index in [0.717, 1.165) is 16.7 Å². The summed E-state index contributed by atoms with van der Waals surface area (Å²) in [5.41, 5.74) is 6.04. The van der Waals surface area contributed by atoms with Crippen LogP contribution < -0.4 is 5.43 Å². The highest BCUT2D eigenvalue weighted by Gasteiger charge is 2.16. The van der Waals surface area contributed by atoms with Gasteiger partial charge in [-0.05, 0) is 6.92 Å². The third-order valence-corrected chi connectivity index (χ3v) is 3.88. The van der Waals surface area contributed by atoms with E-state index >= 15 is 0 Å². The van der Waals surface area contributed by atoms with Gasteiger partial charge in [0.1, 0.15) is 0 Å². The summed E-state index contributed by atoms with van der Waals surface area (Å²) in [6.07, 6.45) is 0. The van der Waals surface area contributed by atoms with Crippen LogP contribution in [0, 0.1) is 6.92 Å². The van der Waals surface area contributed by atoms with Gasteiger partial charge in [0.2, 0.25) is 0 Å². The van der Waals surface area contributed by atoms with E-state index in [1.165, 1.54) is 0 Å². The third-order valence-electron chi connectivity index (χ3n) is 3.88. The summed E-state index contributed by atoms with van der Waals surface area (Å²) >= 11 is 0. The second-order valence-electron chi connectivity index (χ2n) is 5.83. The van der Waals surface area contributed by atoms with Crippen molar-refractivity contribution in [2.45, 2.75) is 6.92 Å². The smallest absolute Gasteiger partial charge is 0.283 e. The van der Waals surface area contributed by atoms with E-state index in [9.17, 15) is 9.59 Å². The summed E-state index contributed by atoms with van der Waals surface area (Å²) in [5, 5.41) is 4.22. The predicted octanol–water partition coefficient (Wildman–Crippen LogP) is 3.75. The number of benzene rings is 3. The van der Waals surface area contributed by atoms with E-state index < -0.39 is 11.7 Å². The molecule has 0 heterocycles. The van der Waals surface area contributed by atoms with Crippen molar-refractivity contribution in [1.82, 2.24) is 5.43 Å². The molecule has 4 heteroatoms. The average Bonchev–Trinajstić information content (AvgIpc) is 2.69. The molecule has 0 saturated heterocycles. The van der Waals surface area contributed by atoms with Crippen LogP contribution in [0.25, 0.3) is 0 Å². The highest BCUT2D eigenvalue weighted by Crippen LogP contribution is 2.10. The van der Waals surface area contributed by atoms with Gasteiger partial charge in [-0.25, -0.2) is 5.43 Å². The first-order valence-corrected chi connectivity index (χ1v) is 8.25. The van der Waals surface area contributed by atoms with Crippen molar-refractivity contribution >= 4 is 17.4 Å². The fraction of sp³-hybridized carbons (Fsp3) is 0.0455. The van der Waals surface area contributed by atoms with E-state index in [-0.39, 0.29) is 0 Å². The van der Waals surface area contributed by atoms with Gasteiger partial charge in [0, 0.05) is 16.7 Å². The minimum atomic E-state index is -0.766. The van der Waals surface area contributed by atoms with Crippen LogP contribution in [-0.2, 0) is 4.79 Å². The lowest BCUT2D eigenvalue weighted by Gasteiger charge is -2.08. The number of carbonyl (C=O) groups is 2. The number of aryl methyl sites for hydroxylation is 1. The van der Waals surface area contributed by atoms with E-state index in [1.807, 2.05) is 67.6 Å². The Morgan fingerprint density at radius 2 is 1.19 bits per heavy atom. The molecular formula is C22H18N2O2. The van der Waals surface area contributed by atoms with E-state index in [2.05, 4.69) is 10.5 Å². The van der Waals surface area contributed by atoms with Gasteiger partial charge < -0.3 is 0 Å². The van der Waals surface area contributed by atoms with Crippen molar-refractivity contribution in [3.05, 3.63) is 107 Å². The van der Waals surface area contributed by atoms with Crippen molar-refractivity contribution in [3.63, 3.8) is 0 Å². The van der Waals surface area contributed by atoms with Crippen LogP contribution >= 0.6 is 0 Å². The lowest BCUT2D eigenvalue weighted by Crippen LogP contribution is -2.28. The molecule has 0 aliphatic carbocycles. The minimum Gasteiger partial charge on any atom is -0.283 e. The van der Waals surface area contributed by atoms with Crippen molar-refractivity contribution in [2.24, 2.45) is 5.10 Å². The lowest BCUT2D eigenvalue weighted by atomic mass is 10.0. The minimum absolute atomic E-state index is 0.337. The zero-order chi connectivity index (χ0) is 18.4. The summed E-state index contributed by atoms with van der Waals surface area (Å²) in [5.74, 6) is -1.38. The van der Waals surface area contributed by atoms with Gasteiger partial charge in [-0.15, -0.1) is 0 Å². The fourth-order valence-corrected chi connectivity index (χ4v) is 2.48. The maximum Gasteiger partial charge on any atom is 0.312 e. The number of rotatable bonds is 5. The van der Waals surface area contributed by atoms with Crippen LogP contribution in [0.5, 0.6) is 0 Å². The van der Waals surface area contributed by atoms with Gasteiger partial charge >= 0.3 is 5.91 Å². The second-order valence-corrected chi connectivity index (χ2v) is 5.83. The van der Waals surface area contributed by atoms with Crippen LogP contribution in [-0.4, -0.2) is 17.4 Å². The number of carbonyl (C=O) groups excluding carboxylic acids is 2. The van der Waals surface area contributed by atoms with E-state index in [0.29, 0.717) is 11.3 Å². The van der Waals surface area contributed by atoms with Gasteiger partial charge in [-0.2, -0.15) is 5.10 Å².